The Balaban J connectivity index is 2.21. The highest BCUT2D eigenvalue weighted by atomic mass is 19.1. The fourth-order valence-electron chi connectivity index (χ4n) is 3.03. The van der Waals surface area contributed by atoms with Gasteiger partial charge in [-0.1, -0.05) is 38.1 Å². The number of fused-ring (bicyclic) bond motifs is 1. The molecular formula is C16H24FN. The molecule has 0 saturated heterocycles. The average molecular weight is 249 g/mol. The SMILES string of the molecule is CC(C)C(F)(CN)CC1CCCc2ccccc21. The second-order valence-electron chi connectivity index (χ2n) is 5.89. The lowest BCUT2D eigenvalue weighted by Gasteiger charge is -2.34. The fourth-order valence-corrected chi connectivity index (χ4v) is 3.03. The van der Waals surface area contributed by atoms with Crippen LogP contribution in [0.3, 0.4) is 0 Å². The molecule has 2 heteroatoms. The molecule has 0 aromatic heterocycles. The van der Waals surface area contributed by atoms with Crippen molar-refractivity contribution in [1.82, 2.24) is 0 Å². The fraction of sp³-hybridized carbons (Fsp3) is 0.625. The summed E-state index contributed by atoms with van der Waals surface area (Å²) >= 11 is 0. The number of rotatable bonds is 4. The average Bonchev–Trinajstić information content (AvgIpc) is 2.39. The molecule has 0 saturated carbocycles. The van der Waals surface area contributed by atoms with E-state index in [4.69, 9.17) is 5.73 Å². The Bertz CT molecular complexity index is 402. The molecule has 0 radical (unpaired) electrons. The zero-order valence-corrected chi connectivity index (χ0v) is 11.5. The van der Waals surface area contributed by atoms with E-state index in [1.165, 1.54) is 17.5 Å². The summed E-state index contributed by atoms with van der Waals surface area (Å²) in [5, 5.41) is 0. The van der Waals surface area contributed by atoms with E-state index in [2.05, 4.69) is 24.3 Å². The Morgan fingerprint density at radius 3 is 2.78 bits per heavy atom. The van der Waals surface area contributed by atoms with Gasteiger partial charge in [-0.15, -0.1) is 0 Å². The third-order valence-corrected chi connectivity index (χ3v) is 4.45. The zero-order chi connectivity index (χ0) is 13.2. The maximum atomic E-state index is 14.8. The van der Waals surface area contributed by atoms with Crippen LogP contribution in [0.25, 0.3) is 0 Å². The van der Waals surface area contributed by atoms with Gasteiger partial charge in [-0.3, -0.25) is 0 Å². The van der Waals surface area contributed by atoms with Gasteiger partial charge in [0.15, 0.2) is 0 Å². The number of halogens is 1. The predicted octanol–water partition coefficient (Wildman–Crippen LogP) is 3.82. The van der Waals surface area contributed by atoms with E-state index in [0.717, 1.165) is 12.8 Å². The number of alkyl halides is 1. The molecule has 2 rings (SSSR count). The Hall–Kier alpha value is -0.890. The maximum absolute atomic E-state index is 14.8. The predicted molar refractivity (Wildman–Crippen MR) is 74.5 cm³/mol. The highest BCUT2D eigenvalue weighted by molar-refractivity contribution is 5.33. The molecular weight excluding hydrogens is 225 g/mol. The second kappa shape index (κ2) is 5.40. The van der Waals surface area contributed by atoms with Gasteiger partial charge in [-0.2, -0.15) is 0 Å². The van der Waals surface area contributed by atoms with E-state index >= 15 is 0 Å². The van der Waals surface area contributed by atoms with Gasteiger partial charge in [-0.05, 0) is 48.6 Å². The van der Waals surface area contributed by atoms with Crippen molar-refractivity contribution >= 4 is 0 Å². The number of benzene rings is 1. The van der Waals surface area contributed by atoms with Crippen LogP contribution in [0.4, 0.5) is 4.39 Å². The van der Waals surface area contributed by atoms with E-state index in [1.807, 2.05) is 13.8 Å². The molecule has 0 fully saturated rings. The molecule has 0 amide bonds. The minimum atomic E-state index is -1.23. The van der Waals surface area contributed by atoms with Gasteiger partial charge in [-0.25, -0.2) is 4.39 Å². The smallest absolute Gasteiger partial charge is 0.126 e. The van der Waals surface area contributed by atoms with Crippen molar-refractivity contribution in [2.45, 2.75) is 51.1 Å². The van der Waals surface area contributed by atoms with Gasteiger partial charge in [0, 0.05) is 6.54 Å². The van der Waals surface area contributed by atoms with Gasteiger partial charge in [0.25, 0.3) is 0 Å². The summed E-state index contributed by atoms with van der Waals surface area (Å²) in [6, 6.07) is 8.49. The third kappa shape index (κ3) is 2.59. The number of hydrogen-bond acceptors (Lipinski definition) is 1. The van der Waals surface area contributed by atoms with E-state index in [0.29, 0.717) is 12.3 Å². The van der Waals surface area contributed by atoms with Gasteiger partial charge in [0.05, 0.1) is 0 Å². The van der Waals surface area contributed by atoms with E-state index in [9.17, 15) is 4.39 Å². The lowest BCUT2D eigenvalue weighted by atomic mass is 9.74. The van der Waals surface area contributed by atoms with Crippen LogP contribution in [-0.4, -0.2) is 12.2 Å². The first-order valence-electron chi connectivity index (χ1n) is 7.03. The van der Waals surface area contributed by atoms with Crippen molar-refractivity contribution in [3.05, 3.63) is 35.4 Å². The summed E-state index contributed by atoms with van der Waals surface area (Å²) < 4.78 is 14.8. The molecule has 0 heterocycles. The molecule has 1 nitrogen and oxygen atoms in total. The Labute approximate surface area is 110 Å². The number of nitrogens with two attached hydrogens (primary N) is 1. The summed E-state index contributed by atoms with van der Waals surface area (Å²) in [5.41, 5.74) is 7.19. The number of aryl methyl sites for hydroxylation is 1. The first kappa shape index (κ1) is 13.5. The normalized spacial score (nSPS) is 22.6. The van der Waals surface area contributed by atoms with Crippen LogP contribution in [0.5, 0.6) is 0 Å². The summed E-state index contributed by atoms with van der Waals surface area (Å²) in [7, 11) is 0. The Morgan fingerprint density at radius 1 is 1.39 bits per heavy atom. The highest BCUT2D eigenvalue weighted by Gasteiger charge is 2.36. The second-order valence-corrected chi connectivity index (χ2v) is 5.89. The highest BCUT2D eigenvalue weighted by Crippen LogP contribution is 2.40. The summed E-state index contributed by atoms with van der Waals surface area (Å²) in [6.45, 7) is 3.99. The van der Waals surface area contributed by atoms with E-state index in [-0.39, 0.29) is 12.5 Å². The minimum absolute atomic E-state index is 0.0170. The van der Waals surface area contributed by atoms with Crippen LogP contribution in [0.1, 0.15) is 50.2 Å². The Morgan fingerprint density at radius 2 is 2.11 bits per heavy atom. The van der Waals surface area contributed by atoms with Crippen LogP contribution in [0, 0.1) is 5.92 Å². The van der Waals surface area contributed by atoms with Crippen LogP contribution in [-0.2, 0) is 6.42 Å². The van der Waals surface area contributed by atoms with Gasteiger partial charge < -0.3 is 5.73 Å². The first-order valence-corrected chi connectivity index (χ1v) is 7.03. The Kier molecular flexibility index (Phi) is 4.06. The zero-order valence-electron chi connectivity index (χ0n) is 11.5. The molecule has 1 aliphatic rings. The summed E-state index contributed by atoms with van der Waals surface area (Å²) in [6.07, 6.45) is 3.96. The molecule has 100 valence electrons. The van der Waals surface area contributed by atoms with Gasteiger partial charge in [0.1, 0.15) is 5.67 Å². The van der Waals surface area contributed by atoms with Gasteiger partial charge in [0.2, 0.25) is 0 Å². The van der Waals surface area contributed by atoms with Crippen LogP contribution < -0.4 is 5.73 Å². The van der Waals surface area contributed by atoms with E-state index < -0.39 is 5.67 Å². The molecule has 2 atom stereocenters. The largest absolute Gasteiger partial charge is 0.328 e. The van der Waals surface area contributed by atoms with Crippen molar-refractivity contribution in [2.24, 2.45) is 11.7 Å². The molecule has 2 unspecified atom stereocenters. The molecule has 2 N–H and O–H groups in total. The van der Waals surface area contributed by atoms with Gasteiger partial charge >= 0.3 is 0 Å². The lowest BCUT2D eigenvalue weighted by Crippen LogP contribution is -2.40. The van der Waals surface area contributed by atoms with Crippen LogP contribution >= 0.6 is 0 Å². The molecule has 1 aromatic carbocycles. The van der Waals surface area contributed by atoms with E-state index in [1.54, 1.807) is 0 Å². The van der Waals surface area contributed by atoms with Crippen molar-refractivity contribution in [3.63, 3.8) is 0 Å². The number of hydrogen-bond donors (Lipinski definition) is 1. The first-order chi connectivity index (χ1) is 8.57. The van der Waals surface area contributed by atoms with Crippen molar-refractivity contribution < 1.29 is 4.39 Å². The molecule has 18 heavy (non-hydrogen) atoms. The quantitative estimate of drug-likeness (QED) is 0.862. The molecule has 0 aliphatic heterocycles. The summed E-state index contributed by atoms with van der Waals surface area (Å²) in [5.74, 6) is 0.322. The molecule has 0 spiro atoms. The molecule has 0 bridgehead atoms. The van der Waals surface area contributed by atoms with Crippen molar-refractivity contribution in [1.29, 1.82) is 0 Å². The van der Waals surface area contributed by atoms with Crippen molar-refractivity contribution in [3.8, 4) is 0 Å². The maximum Gasteiger partial charge on any atom is 0.126 e. The standard InChI is InChI=1S/C16H24FN/c1-12(2)16(17,11-18)10-14-8-5-7-13-6-3-4-9-15(13)14/h3-4,6,9,12,14H,5,7-8,10-11,18H2,1-2H3. The van der Waals surface area contributed by atoms with Crippen LogP contribution in [0.15, 0.2) is 24.3 Å². The lowest BCUT2D eigenvalue weighted by molar-refractivity contribution is 0.0868. The summed E-state index contributed by atoms with van der Waals surface area (Å²) in [4.78, 5) is 0. The van der Waals surface area contributed by atoms with Crippen LogP contribution in [0.2, 0.25) is 0 Å². The topological polar surface area (TPSA) is 26.0 Å². The third-order valence-electron chi connectivity index (χ3n) is 4.45. The van der Waals surface area contributed by atoms with Crippen molar-refractivity contribution in [2.75, 3.05) is 6.54 Å². The minimum Gasteiger partial charge on any atom is -0.328 e. The monoisotopic (exact) mass is 249 g/mol. The molecule has 1 aliphatic carbocycles. The molecule has 1 aromatic rings.